The minimum absolute atomic E-state index is 0.0659. The van der Waals surface area contributed by atoms with Crippen molar-refractivity contribution >= 4 is 16.5 Å². The molecule has 2 aromatic rings. The van der Waals surface area contributed by atoms with Crippen molar-refractivity contribution in [2.75, 3.05) is 12.3 Å². The second kappa shape index (κ2) is 3.96. The Kier molecular flexibility index (Phi) is 2.75. The quantitative estimate of drug-likeness (QED) is 0.711. The molecule has 0 aliphatic heterocycles. The third-order valence-electron chi connectivity index (χ3n) is 2.95. The molecule has 0 unspecified atom stereocenters. The van der Waals surface area contributed by atoms with E-state index in [-0.39, 0.29) is 17.9 Å². The van der Waals surface area contributed by atoms with Crippen LogP contribution in [-0.2, 0) is 6.54 Å². The molecule has 1 heterocycles. The molecule has 0 radical (unpaired) electrons. The van der Waals surface area contributed by atoms with Gasteiger partial charge in [-0.25, -0.2) is 0 Å². The van der Waals surface area contributed by atoms with Gasteiger partial charge >= 0.3 is 0 Å². The topological polar surface area (TPSA) is 71.4 Å². The number of aliphatic hydroxyl groups excluding tert-OH is 1. The van der Waals surface area contributed by atoms with Crippen LogP contribution in [0.4, 0.5) is 5.69 Å². The van der Waals surface area contributed by atoms with Gasteiger partial charge in [-0.15, -0.1) is 0 Å². The fraction of sp³-hybridized carbons (Fsp3) is 0.385. The highest BCUT2D eigenvalue weighted by molar-refractivity contribution is 5.97. The molecule has 0 bridgehead atoms. The summed E-state index contributed by atoms with van der Waals surface area (Å²) < 4.78 is 1.73. The Morgan fingerprint density at radius 2 is 2.06 bits per heavy atom. The summed E-state index contributed by atoms with van der Waals surface area (Å²) in [6.07, 6.45) is 1.86. The molecule has 0 saturated carbocycles. The lowest BCUT2D eigenvalue weighted by atomic mass is 9.95. The fourth-order valence-electron chi connectivity index (χ4n) is 1.96. The summed E-state index contributed by atoms with van der Waals surface area (Å²) in [5, 5.41) is 21.0. The predicted octanol–water partition coefficient (Wildman–Crippen LogP) is 1.95. The summed E-state index contributed by atoms with van der Waals surface area (Å²) in [6, 6.07) is 5.54. The molecule has 0 aliphatic carbocycles. The third-order valence-corrected chi connectivity index (χ3v) is 2.95. The van der Waals surface area contributed by atoms with E-state index in [0.29, 0.717) is 17.6 Å². The molecule has 0 aliphatic rings. The zero-order valence-corrected chi connectivity index (χ0v) is 10.1. The monoisotopic (exact) mass is 234 g/mol. The number of hydrogen-bond donors (Lipinski definition) is 3. The molecule has 0 amide bonds. The van der Waals surface area contributed by atoms with E-state index in [1.165, 1.54) is 0 Å². The molecule has 92 valence electrons. The van der Waals surface area contributed by atoms with Crippen molar-refractivity contribution < 1.29 is 10.2 Å². The van der Waals surface area contributed by atoms with E-state index >= 15 is 0 Å². The summed E-state index contributed by atoms with van der Waals surface area (Å²) in [4.78, 5) is 0. The van der Waals surface area contributed by atoms with Crippen molar-refractivity contribution in [3.8, 4) is 5.88 Å². The third kappa shape index (κ3) is 2.08. The van der Waals surface area contributed by atoms with Crippen LogP contribution in [0.2, 0.25) is 0 Å². The second-order valence-corrected chi connectivity index (χ2v) is 5.21. The van der Waals surface area contributed by atoms with Gasteiger partial charge in [-0.3, -0.25) is 0 Å². The Bertz CT molecular complexity index is 544. The van der Waals surface area contributed by atoms with Crippen molar-refractivity contribution in [1.29, 1.82) is 0 Å². The molecule has 0 spiro atoms. The number of benzene rings is 1. The first-order valence-corrected chi connectivity index (χ1v) is 5.62. The van der Waals surface area contributed by atoms with Crippen LogP contribution < -0.4 is 5.73 Å². The van der Waals surface area contributed by atoms with E-state index in [9.17, 15) is 10.2 Å². The fourth-order valence-corrected chi connectivity index (χ4v) is 1.96. The number of hydrogen-bond acceptors (Lipinski definition) is 3. The Labute approximate surface area is 100 Å². The number of aliphatic hydroxyl groups is 1. The molecule has 1 aromatic carbocycles. The van der Waals surface area contributed by atoms with Crippen molar-refractivity contribution in [2.24, 2.45) is 5.41 Å². The minimum atomic E-state index is -0.277. The standard InChI is InChI=1S/C13H18N2O2/c1-13(2,8-16)7-15-6-9-4-3-5-10(14)11(9)12(15)17/h3-6,16-17H,7-8,14H2,1-2H3. The van der Waals surface area contributed by atoms with Crippen molar-refractivity contribution in [3.05, 3.63) is 24.4 Å². The number of aromatic nitrogens is 1. The Balaban J connectivity index is 2.50. The maximum absolute atomic E-state index is 10.1. The van der Waals surface area contributed by atoms with Gasteiger partial charge in [0.15, 0.2) is 0 Å². The maximum atomic E-state index is 10.1. The van der Waals surface area contributed by atoms with Crippen LogP contribution in [0.15, 0.2) is 24.4 Å². The van der Waals surface area contributed by atoms with Gasteiger partial charge in [-0.2, -0.15) is 0 Å². The van der Waals surface area contributed by atoms with Crippen molar-refractivity contribution in [1.82, 2.24) is 4.57 Å². The number of nitrogen functional groups attached to an aromatic ring is 1. The molecular formula is C13H18N2O2. The van der Waals surface area contributed by atoms with E-state index in [1.807, 2.05) is 32.2 Å². The molecule has 4 heteroatoms. The van der Waals surface area contributed by atoms with Crippen molar-refractivity contribution in [2.45, 2.75) is 20.4 Å². The lowest BCUT2D eigenvalue weighted by Crippen LogP contribution is -2.23. The summed E-state index contributed by atoms with van der Waals surface area (Å²) in [6.45, 7) is 4.50. The number of rotatable bonds is 3. The lowest BCUT2D eigenvalue weighted by Gasteiger charge is -2.22. The van der Waals surface area contributed by atoms with Gasteiger partial charge in [0.05, 0.1) is 5.39 Å². The average Bonchev–Trinajstić information content (AvgIpc) is 2.57. The summed E-state index contributed by atoms with van der Waals surface area (Å²) in [7, 11) is 0. The zero-order valence-electron chi connectivity index (χ0n) is 10.1. The number of fused-ring (bicyclic) bond motifs is 1. The van der Waals surface area contributed by atoms with Gasteiger partial charge in [0.25, 0.3) is 0 Å². The van der Waals surface area contributed by atoms with Gasteiger partial charge in [0.2, 0.25) is 5.88 Å². The highest BCUT2D eigenvalue weighted by Gasteiger charge is 2.20. The van der Waals surface area contributed by atoms with E-state index in [1.54, 1.807) is 10.6 Å². The van der Waals surface area contributed by atoms with E-state index in [4.69, 9.17) is 5.73 Å². The van der Waals surface area contributed by atoms with E-state index in [2.05, 4.69) is 0 Å². The van der Waals surface area contributed by atoms with Crippen molar-refractivity contribution in [3.63, 3.8) is 0 Å². The molecule has 4 N–H and O–H groups in total. The smallest absolute Gasteiger partial charge is 0.201 e. The van der Waals surface area contributed by atoms with Crippen LogP contribution in [0, 0.1) is 5.41 Å². The SMILES string of the molecule is CC(C)(CO)Cn1cc2cccc(N)c2c1O. The van der Waals surface area contributed by atoms with E-state index in [0.717, 1.165) is 5.39 Å². The molecule has 1 aromatic heterocycles. The highest BCUT2D eigenvalue weighted by Crippen LogP contribution is 2.33. The molecule has 4 nitrogen and oxygen atoms in total. The predicted molar refractivity (Wildman–Crippen MR) is 68.9 cm³/mol. The van der Waals surface area contributed by atoms with Crippen LogP contribution >= 0.6 is 0 Å². The van der Waals surface area contributed by atoms with E-state index < -0.39 is 0 Å². The number of nitrogens with two attached hydrogens (primary N) is 1. The van der Waals surface area contributed by atoms with Crippen LogP contribution in [0.3, 0.4) is 0 Å². The minimum Gasteiger partial charge on any atom is -0.494 e. The lowest BCUT2D eigenvalue weighted by molar-refractivity contribution is 0.138. The molecular weight excluding hydrogens is 216 g/mol. The Morgan fingerprint density at radius 1 is 1.35 bits per heavy atom. The zero-order chi connectivity index (χ0) is 12.6. The summed E-state index contributed by atoms with van der Waals surface area (Å²) in [5.74, 6) is 0.166. The van der Waals surface area contributed by atoms with Crippen LogP contribution in [0.25, 0.3) is 10.8 Å². The van der Waals surface area contributed by atoms with Gasteiger partial charge in [0.1, 0.15) is 0 Å². The van der Waals surface area contributed by atoms with Crippen LogP contribution in [0.1, 0.15) is 13.8 Å². The highest BCUT2D eigenvalue weighted by atomic mass is 16.3. The normalized spacial score (nSPS) is 12.2. The first-order chi connectivity index (χ1) is 7.94. The molecule has 0 saturated heterocycles. The Morgan fingerprint density at radius 3 is 2.65 bits per heavy atom. The van der Waals surface area contributed by atoms with Crippen LogP contribution in [-0.4, -0.2) is 21.4 Å². The van der Waals surface area contributed by atoms with Gasteiger partial charge in [-0.1, -0.05) is 26.0 Å². The Hall–Kier alpha value is -1.68. The second-order valence-electron chi connectivity index (χ2n) is 5.21. The van der Waals surface area contributed by atoms with Gasteiger partial charge in [0, 0.05) is 35.8 Å². The first kappa shape index (κ1) is 11.8. The first-order valence-electron chi connectivity index (χ1n) is 5.62. The van der Waals surface area contributed by atoms with Gasteiger partial charge in [-0.05, 0) is 6.07 Å². The molecule has 2 rings (SSSR count). The van der Waals surface area contributed by atoms with Gasteiger partial charge < -0.3 is 20.5 Å². The number of aromatic hydroxyl groups is 1. The largest absolute Gasteiger partial charge is 0.494 e. The summed E-state index contributed by atoms with van der Waals surface area (Å²) in [5.41, 5.74) is 6.14. The number of anilines is 1. The van der Waals surface area contributed by atoms with Crippen LogP contribution in [0.5, 0.6) is 5.88 Å². The summed E-state index contributed by atoms with van der Waals surface area (Å²) >= 11 is 0. The molecule has 17 heavy (non-hydrogen) atoms. The average molecular weight is 234 g/mol. The molecule has 0 fully saturated rings. The maximum Gasteiger partial charge on any atom is 0.201 e. The number of nitrogens with zero attached hydrogens (tertiary/aromatic N) is 1. The molecule has 0 atom stereocenters.